The minimum atomic E-state index is -0.390. The van der Waals surface area contributed by atoms with Crippen LogP contribution in [0, 0.1) is 19.8 Å². The van der Waals surface area contributed by atoms with E-state index in [0.29, 0.717) is 30.3 Å². The third kappa shape index (κ3) is 6.82. The fraction of sp³-hybridized carbons (Fsp3) is 0.440. The zero-order valence-electron chi connectivity index (χ0n) is 18.7. The van der Waals surface area contributed by atoms with Crippen molar-refractivity contribution in [2.75, 3.05) is 31.6 Å². The Kier molecular flexibility index (Phi) is 8.06. The van der Waals surface area contributed by atoms with Crippen LogP contribution in [0.15, 0.2) is 42.5 Å². The highest BCUT2D eigenvalue weighted by Crippen LogP contribution is 2.20. The molecule has 1 fully saturated rings. The van der Waals surface area contributed by atoms with Gasteiger partial charge < -0.3 is 15.4 Å². The molecule has 1 aliphatic rings. The number of esters is 1. The van der Waals surface area contributed by atoms with Gasteiger partial charge in [0.05, 0.1) is 12.2 Å². The van der Waals surface area contributed by atoms with Crippen molar-refractivity contribution < 1.29 is 14.3 Å². The van der Waals surface area contributed by atoms with Crippen LogP contribution in [0.5, 0.6) is 0 Å². The second kappa shape index (κ2) is 11.0. The number of nitrogens with one attached hydrogen (secondary N) is 2. The van der Waals surface area contributed by atoms with Gasteiger partial charge in [0, 0.05) is 18.8 Å². The maximum Gasteiger partial charge on any atom is 0.338 e. The van der Waals surface area contributed by atoms with Crippen molar-refractivity contribution in [2.24, 2.45) is 5.92 Å². The second-order valence-corrected chi connectivity index (χ2v) is 8.29. The summed E-state index contributed by atoms with van der Waals surface area (Å²) in [5.74, 6) is 0.0886. The summed E-state index contributed by atoms with van der Waals surface area (Å²) in [4.78, 5) is 26.6. The molecule has 2 amide bonds. The SMILES string of the molecule is CCOC(=O)c1cccc(NC(=O)NCC2CCN(Cc3cc(C)ccc3C)CC2)c1. The second-order valence-electron chi connectivity index (χ2n) is 8.29. The third-order valence-corrected chi connectivity index (χ3v) is 5.79. The van der Waals surface area contributed by atoms with Gasteiger partial charge in [-0.3, -0.25) is 4.90 Å². The van der Waals surface area contributed by atoms with Gasteiger partial charge in [-0.05, 0) is 81.9 Å². The highest BCUT2D eigenvalue weighted by molar-refractivity contribution is 5.93. The fourth-order valence-electron chi connectivity index (χ4n) is 3.91. The van der Waals surface area contributed by atoms with Crippen LogP contribution in [0.2, 0.25) is 0 Å². The Balaban J connectivity index is 1.41. The lowest BCUT2D eigenvalue weighted by molar-refractivity contribution is 0.0526. The highest BCUT2D eigenvalue weighted by Gasteiger charge is 2.20. The van der Waals surface area contributed by atoms with E-state index in [-0.39, 0.29) is 12.0 Å². The number of piperidine rings is 1. The Bertz CT molecular complexity index is 905. The molecule has 6 heteroatoms. The molecule has 6 nitrogen and oxygen atoms in total. The van der Waals surface area contributed by atoms with Crippen LogP contribution in [0.3, 0.4) is 0 Å². The summed E-state index contributed by atoms with van der Waals surface area (Å²) < 4.78 is 5.00. The van der Waals surface area contributed by atoms with Gasteiger partial charge in [0.25, 0.3) is 0 Å². The van der Waals surface area contributed by atoms with E-state index < -0.39 is 0 Å². The molecule has 0 saturated carbocycles. The third-order valence-electron chi connectivity index (χ3n) is 5.79. The molecular weight excluding hydrogens is 390 g/mol. The molecule has 1 aliphatic heterocycles. The van der Waals surface area contributed by atoms with Gasteiger partial charge in [0.15, 0.2) is 0 Å². The Morgan fingerprint density at radius 1 is 1.10 bits per heavy atom. The monoisotopic (exact) mass is 423 g/mol. The zero-order valence-corrected chi connectivity index (χ0v) is 18.7. The smallest absolute Gasteiger partial charge is 0.338 e. The number of ether oxygens (including phenoxy) is 1. The quantitative estimate of drug-likeness (QED) is 0.643. The molecule has 0 aliphatic carbocycles. The number of carbonyl (C=O) groups is 2. The van der Waals surface area contributed by atoms with E-state index in [4.69, 9.17) is 4.74 Å². The number of nitrogens with zero attached hydrogens (tertiary/aromatic N) is 1. The summed E-state index contributed by atoms with van der Waals surface area (Å²) in [5, 5.41) is 5.77. The van der Waals surface area contributed by atoms with Gasteiger partial charge in [-0.1, -0.05) is 29.8 Å². The molecule has 1 heterocycles. The summed E-state index contributed by atoms with van der Waals surface area (Å²) in [6, 6.07) is 13.2. The average Bonchev–Trinajstić information content (AvgIpc) is 2.76. The summed E-state index contributed by atoms with van der Waals surface area (Å²) in [6.07, 6.45) is 2.15. The van der Waals surface area contributed by atoms with Crippen LogP contribution < -0.4 is 10.6 Å². The highest BCUT2D eigenvalue weighted by atomic mass is 16.5. The van der Waals surface area contributed by atoms with Crippen molar-refractivity contribution in [2.45, 2.75) is 40.2 Å². The van der Waals surface area contributed by atoms with Gasteiger partial charge in [-0.15, -0.1) is 0 Å². The number of hydrogen-bond acceptors (Lipinski definition) is 4. The standard InChI is InChI=1S/C25H33N3O3/c1-4-31-24(29)21-6-5-7-23(15-21)27-25(30)26-16-20-10-12-28(13-11-20)17-22-14-18(2)8-9-19(22)3/h5-9,14-15,20H,4,10-13,16-17H2,1-3H3,(H2,26,27,30). The van der Waals surface area contributed by atoms with Crippen molar-refractivity contribution in [3.8, 4) is 0 Å². The van der Waals surface area contributed by atoms with Gasteiger partial charge in [0.2, 0.25) is 0 Å². The number of benzene rings is 2. The molecule has 0 bridgehead atoms. The molecule has 2 aromatic rings. The number of carbonyl (C=O) groups excluding carboxylic acids is 2. The number of anilines is 1. The van der Waals surface area contributed by atoms with Gasteiger partial charge in [0.1, 0.15) is 0 Å². The molecule has 0 spiro atoms. The molecule has 1 saturated heterocycles. The maximum absolute atomic E-state index is 12.3. The van der Waals surface area contributed by atoms with Gasteiger partial charge in [-0.2, -0.15) is 0 Å². The molecule has 0 unspecified atom stereocenters. The van der Waals surface area contributed by atoms with Crippen molar-refractivity contribution in [1.29, 1.82) is 0 Å². The first-order chi connectivity index (χ1) is 14.9. The molecule has 2 aromatic carbocycles. The first kappa shape index (κ1) is 22.8. The van der Waals surface area contributed by atoms with Crippen LogP contribution in [0.25, 0.3) is 0 Å². The van der Waals surface area contributed by atoms with Crippen molar-refractivity contribution >= 4 is 17.7 Å². The maximum atomic E-state index is 12.3. The number of likely N-dealkylation sites (tertiary alicyclic amines) is 1. The number of aryl methyl sites for hydroxylation is 2. The van der Waals surface area contributed by atoms with E-state index in [1.165, 1.54) is 16.7 Å². The van der Waals surface area contributed by atoms with E-state index in [9.17, 15) is 9.59 Å². The summed E-state index contributed by atoms with van der Waals surface area (Å²) >= 11 is 0. The summed E-state index contributed by atoms with van der Waals surface area (Å²) in [7, 11) is 0. The number of urea groups is 1. The van der Waals surface area contributed by atoms with Crippen LogP contribution >= 0.6 is 0 Å². The lowest BCUT2D eigenvalue weighted by Crippen LogP contribution is -2.39. The molecule has 166 valence electrons. The Labute approximate surface area is 185 Å². The Hall–Kier alpha value is -2.86. The van der Waals surface area contributed by atoms with Crippen LogP contribution in [0.1, 0.15) is 46.8 Å². The molecule has 0 atom stereocenters. The average molecular weight is 424 g/mol. The van der Waals surface area contributed by atoms with Crippen molar-refractivity contribution in [3.63, 3.8) is 0 Å². The molecule has 3 rings (SSSR count). The van der Waals surface area contributed by atoms with E-state index >= 15 is 0 Å². The summed E-state index contributed by atoms with van der Waals surface area (Å²) in [5.41, 5.74) is 5.06. The van der Waals surface area contributed by atoms with E-state index in [0.717, 1.165) is 32.5 Å². The largest absolute Gasteiger partial charge is 0.462 e. The lowest BCUT2D eigenvalue weighted by atomic mass is 9.96. The fourth-order valence-corrected chi connectivity index (χ4v) is 3.91. The molecule has 2 N–H and O–H groups in total. The topological polar surface area (TPSA) is 70.7 Å². The van der Waals surface area contributed by atoms with Crippen molar-refractivity contribution in [1.82, 2.24) is 10.2 Å². The lowest BCUT2D eigenvalue weighted by Gasteiger charge is -2.32. The van der Waals surface area contributed by atoms with Gasteiger partial charge >= 0.3 is 12.0 Å². The Morgan fingerprint density at radius 3 is 2.61 bits per heavy atom. The normalized spacial score (nSPS) is 14.8. The first-order valence-electron chi connectivity index (χ1n) is 11.0. The molecule has 31 heavy (non-hydrogen) atoms. The first-order valence-corrected chi connectivity index (χ1v) is 11.0. The van der Waals surface area contributed by atoms with Crippen LogP contribution in [-0.2, 0) is 11.3 Å². The molecule has 0 aromatic heterocycles. The van der Waals surface area contributed by atoms with E-state index in [1.807, 2.05) is 0 Å². The van der Waals surface area contributed by atoms with Crippen LogP contribution in [-0.4, -0.2) is 43.1 Å². The Morgan fingerprint density at radius 2 is 1.87 bits per heavy atom. The van der Waals surface area contributed by atoms with Gasteiger partial charge in [-0.25, -0.2) is 9.59 Å². The predicted octanol–water partition coefficient (Wildman–Crippen LogP) is 4.51. The molecule has 0 radical (unpaired) electrons. The predicted molar refractivity (Wildman–Crippen MR) is 123 cm³/mol. The van der Waals surface area contributed by atoms with E-state index in [2.05, 4.69) is 47.6 Å². The van der Waals surface area contributed by atoms with Crippen LogP contribution in [0.4, 0.5) is 10.5 Å². The summed E-state index contributed by atoms with van der Waals surface area (Å²) in [6.45, 7) is 10.1. The van der Waals surface area contributed by atoms with E-state index in [1.54, 1.807) is 31.2 Å². The number of amides is 2. The number of rotatable bonds is 7. The zero-order chi connectivity index (χ0) is 22.2. The van der Waals surface area contributed by atoms with Crippen molar-refractivity contribution in [3.05, 3.63) is 64.7 Å². The number of hydrogen-bond donors (Lipinski definition) is 2. The molecular formula is C25H33N3O3. The minimum absolute atomic E-state index is 0.251. The minimum Gasteiger partial charge on any atom is -0.462 e.